The van der Waals surface area contributed by atoms with Crippen LogP contribution in [0.3, 0.4) is 0 Å². The summed E-state index contributed by atoms with van der Waals surface area (Å²) in [5.74, 6) is 1.84. The number of carbonyl (C=O) groups excluding carboxylic acids is 1. The van der Waals surface area contributed by atoms with E-state index in [-0.39, 0.29) is 11.9 Å². The SMILES string of the molecule is COc1ccc(OCC[NH+]2CC[NH+](CC(=O)N[C@@H](C)c3ccccc3)CC2)cc1. The van der Waals surface area contributed by atoms with E-state index in [1.165, 1.54) is 4.90 Å². The second kappa shape index (κ2) is 10.8. The van der Waals surface area contributed by atoms with Crippen LogP contribution in [0.1, 0.15) is 18.5 Å². The number of nitrogens with one attached hydrogen (secondary N) is 3. The molecule has 3 N–H and O–H groups in total. The third kappa shape index (κ3) is 6.76. The molecule has 2 aromatic rings. The maximum Gasteiger partial charge on any atom is 0.275 e. The molecule has 29 heavy (non-hydrogen) atoms. The zero-order chi connectivity index (χ0) is 20.5. The van der Waals surface area contributed by atoms with Gasteiger partial charge in [-0.1, -0.05) is 30.3 Å². The summed E-state index contributed by atoms with van der Waals surface area (Å²) in [4.78, 5) is 15.3. The third-order valence-electron chi connectivity index (χ3n) is 5.54. The topological polar surface area (TPSA) is 56.4 Å². The van der Waals surface area contributed by atoms with Gasteiger partial charge in [-0.2, -0.15) is 0 Å². The van der Waals surface area contributed by atoms with E-state index in [2.05, 4.69) is 5.32 Å². The van der Waals surface area contributed by atoms with Crippen molar-refractivity contribution in [3.05, 3.63) is 60.2 Å². The minimum Gasteiger partial charge on any atom is -0.497 e. The normalized spacial score (nSPS) is 19.9. The van der Waals surface area contributed by atoms with E-state index in [1.54, 1.807) is 12.0 Å². The predicted octanol–water partition coefficient (Wildman–Crippen LogP) is -0.265. The van der Waals surface area contributed by atoms with Crippen LogP contribution < -0.4 is 24.6 Å². The van der Waals surface area contributed by atoms with E-state index in [9.17, 15) is 4.79 Å². The first-order valence-corrected chi connectivity index (χ1v) is 10.4. The Kier molecular flexibility index (Phi) is 7.90. The fourth-order valence-corrected chi connectivity index (χ4v) is 3.71. The van der Waals surface area contributed by atoms with Gasteiger partial charge in [-0.05, 0) is 36.8 Å². The van der Waals surface area contributed by atoms with Crippen molar-refractivity contribution in [3.8, 4) is 11.5 Å². The molecule has 1 aliphatic heterocycles. The fraction of sp³-hybridized carbons (Fsp3) is 0.435. The van der Waals surface area contributed by atoms with Gasteiger partial charge in [-0.15, -0.1) is 0 Å². The molecule has 0 spiro atoms. The Morgan fingerprint density at radius 2 is 1.59 bits per heavy atom. The van der Waals surface area contributed by atoms with E-state index < -0.39 is 0 Å². The van der Waals surface area contributed by atoms with Crippen LogP contribution in [-0.4, -0.2) is 58.9 Å². The number of benzene rings is 2. The van der Waals surface area contributed by atoms with Crippen LogP contribution in [0.15, 0.2) is 54.6 Å². The lowest BCUT2D eigenvalue weighted by molar-refractivity contribution is -1.01. The van der Waals surface area contributed by atoms with Crippen molar-refractivity contribution in [2.75, 3.05) is 53.0 Å². The Morgan fingerprint density at radius 3 is 2.24 bits per heavy atom. The molecule has 0 unspecified atom stereocenters. The largest absolute Gasteiger partial charge is 0.497 e. The molecular weight excluding hydrogens is 366 g/mol. The lowest BCUT2D eigenvalue weighted by Gasteiger charge is -2.29. The molecule has 0 aliphatic carbocycles. The average Bonchev–Trinajstić information content (AvgIpc) is 2.76. The fourth-order valence-electron chi connectivity index (χ4n) is 3.71. The van der Waals surface area contributed by atoms with Crippen LogP contribution in [0.5, 0.6) is 11.5 Å². The number of hydrogen-bond acceptors (Lipinski definition) is 3. The smallest absolute Gasteiger partial charge is 0.275 e. The van der Waals surface area contributed by atoms with Gasteiger partial charge in [0.2, 0.25) is 0 Å². The van der Waals surface area contributed by atoms with Crippen molar-refractivity contribution in [2.24, 2.45) is 0 Å². The van der Waals surface area contributed by atoms with Gasteiger partial charge < -0.3 is 24.6 Å². The van der Waals surface area contributed by atoms with Gasteiger partial charge in [0.05, 0.1) is 13.2 Å². The molecule has 6 nitrogen and oxygen atoms in total. The van der Waals surface area contributed by atoms with Gasteiger partial charge >= 0.3 is 0 Å². The molecule has 1 fully saturated rings. The number of amides is 1. The predicted molar refractivity (Wildman–Crippen MR) is 113 cm³/mol. The standard InChI is InChI=1S/C23H31N3O3/c1-19(20-6-4-3-5-7-20)24-23(27)18-26-14-12-25(13-15-26)16-17-29-22-10-8-21(28-2)9-11-22/h3-11,19H,12-18H2,1-2H3,(H,24,27)/p+2/t19-/m0/s1. The number of piperazine rings is 1. The molecule has 1 heterocycles. The molecule has 0 bridgehead atoms. The van der Waals surface area contributed by atoms with E-state index in [0.29, 0.717) is 13.2 Å². The first-order chi connectivity index (χ1) is 14.1. The van der Waals surface area contributed by atoms with Gasteiger partial charge in [0.25, 0.3) is 5.91 Å². The molecule has 0 radical (unpaired) electrons. The lowest BCUT2D eigenvalue weighted by Crippen LogP contribution is -3.28. The minimum atomic E-state index is 0.0464. The summed E-state index contributed by atoms with van der Waals surface area (Å²) in [6.45, 7) is 8.45. The van der Waals surface area contributed by atoms with Gasteiger partial charge in [0, 0.05) is 0 Å². The second-order valence-corrected chi connectivity index (χ2v) is 7.65. The van der Waals surface area contributed by atoms with Crippen LogP contribution in [0.25, 0.3) is 0 Å². The van der Waals surface area contributed by atoms with E-state index >= 15 is 0 Å². The Bertz CT molecular complexity index is 744. The number of carbonyl (C=O) groups is 1. The summed E-state index contributed by atoms with van der Waals surface area (Å²) in [5.41, 5.74) is 1.14. The first-order valence-electron chi connectivity index (χ1n) is 10.4. The van der Waals surface area contributed by atoms with Crippen molar-refractivity contribution in [1.82, 2.24) is 5.32 Å². The zero-order valence-corrected chi connectivity index (χ0v) is 17.4. The molecule has 1 aliphatic rings. The van der Waals surface area contributed by atoms with Gasteiger partial charge in [-0.25, -0.2) is 0 Å². The highest BCUT2D eigenvalue weighted by molar-refractivity contribution is 5.77. The monoisotopic (exact) mass is 399 g/mol. The third-order valence-corrected chi connectivity index (χ3v) is 5.54. The number of quaternary nitrogens is 2. The molecule has 1 atom stereocenters. The zero-order valence-electron chi connectivity index (χ0n) is 17.4. The molecule has 3 rings (SSSR count). The molecular formula is C23H33N3O3+2. The molecule has 1 amide bonds. The maximum atomic E-state index is 12.4. The molecule has 0 aromatic heterocycles. The summed E-state index contributed by atoms with van der Waals surface area (Å²) in [6.07, 6.45) is 0. The van der Waals surface area contributed by atoms with Gasteiger partial charge in [0.15, 0.2) is 6.54 Å². The van der Waals surface area contributed by atoms with Crippen LogP contribution in [-0.2, 0) is 4.79 Å². The van der Waals surface area contributed by atoms with E-state index in [4.69, 9.17) is 9.47 Å². The summed E-state index contributed by atoms with van der Waals surface area (Å²) in [6, 6.07) is 17.8. The van der Waals surface area contributed by atoms with Crippen molar-refractivity contribution < 1.29 is 24.1 Å². The van der Waals surface area contributed by atoms with Crippen LogP contribution in [0.2, 0.25) is 0 Å². The van der Waals surface area contributed by atoms with E-state index in [0.717, 1.165) is 49.8 Å². The summed E-state index contributed by atoms with van der Waals surface area (Å²) >= 11 is 0. The highest BCUT2D eigenvalue weighted by atomic mass is 16.5. The summed E-state index contributed by atoms with van der Waals surface area (Å²) in [7, 11) is 1.66. The molecule has 1 saturated heterocycles. The number of hydrogen-bond donors (Lipinski definition) is 3. The molecule has 156 valence electrons. The van der Waals surface area contributed by atoms with Crippen molar-refractivity contribution in [3.63, 3.8) is 0 Å². The average molecular weight is 400 g/mol. The summed E-state index contributed by atoms with van der Waals surface area (Å²) in [5, 5.41) is 3.12. The number of methoxy groups -OCH3 is 1. The molecule has 6 heteroatoms. The Balaban J connectivity index is 1.32. The van der Waals surface area contributed by atoms with E-state index in [1.807, 2.05) is 61.5 Å². The highest BCUT2D eigenvalue weighted by Gasteiger charge is 2.25. The Hall–Kier alpha value is -2.57. The number of ether oxygens (including phenoxy) is 2. The minimum absolute atomic E-state index is 0.0464. The maximum absolute atomic E-state index is 12.4. The molecule has 2 aromatic carbocycles. The summed E-state index contributed by atoms with van der Waals surface area (Å²) < 4.78 is 11.0. The van der Waals surface area contributed by atoms with Crippen LogP contribution in [0, 0.1) is 0 Å². The Labute approximate surface area is 173 Å². The van der Waals surface area contributed by atoms with Crippen molar-refractivity contribution >= 4 is 5.91 Å². The lowest BCUT2D eigenvalue weighted by atomic mass is 10.1. The van der Waals surface area contributed by atoms with Crippen LogP contribution in [0.4, 0.5) is 0 Å². The highest BCUT2D eigenvalue weighted by Crippen LogP contribution is 2.16. The number of rotatable bonds is 9. The van der Waals surface area contributed by atoms with Crippen molar-refractivity contribution in [2.45, 2.75) is 13.0 Å². The van der Waals surface area contributed by atoms with Crippen molar-refractivity contribution in [1.29, 1.82) is 0 Å². The van der Waals surface area contributed by atoms with Gasteiger partial charge in [-0.3, -0.25) is 4.79 Å². The Morgan fingerprint density at radius 1 is 0.966 bits per heavy atom. The second-order valence-electron chi connectivity index (χ2n) is 7.65. The first kappa shape index (κ1) is 21.1. The van der Waals surface area contributed by atoms with Gasteiger partial charge in [0.1, 0.15) is 50.8 Å². The molecule has 0 saturated carbocycles. The quantitative estimate of drug-likeness (QED) is 0.544. The van der Waals surface area contributed by atoms with Crippen LogP contribution >= 0.6 is 0 Å².